The molecule has 0 N–H and O–H groups in total. The minimum atomic E-state index is 0. The van der Waals surface area contributed by atoms with Crippen molar-refractivity contribution in [3.8, 4) is 11.5 Å². The predicted octanol–water partition coefficient (Wildman–Crippen LogP) is 6.74. The van der Waals surface area contributed by atoms with E-state index in [1.165, 1.54) is 12.0 Å². The monoisotopic (exact) mass is 536 g/mol. The molecule has 0 atom stereocenters. The van der Waals surface area contributed by atoms with Gasteiger partial charge in [0, 0.05) is 43.3 Å². The van der Waals surface area contributed by atoms with E-state index in [1.54, 1.807) is 0 Å². The Morgan fingerprint density at radius 2 is 1.43 bits per heavy atom. The molecule has 1 aliphatic rings. The van der Waals surface area contributed by atoms with Gasteiger partial charge in [-0.2, -0.15) is 0 Å². The molecule has 3 aromatic rings. The molecule has 4 nitrogen and oxygen atoms in total. The van der Waals surface area contributed by atoms with Crippen LogP contribution in [0.4, 0.5) is 0 Å². The Morgan fingerprint density at radius 3 is 2.17 bits per heavy atom. The molecule has 7 heteroatoms. The largest absolute Gasteiger partial charge is 0.457 e. The fourth-order valence-corrected chi connectivity index (χ4v) is 4.36. The van der Waals surface area contributed by atoms with Crippen molar-refractivity contribution in [2.45, 2.75) is 19.4 Å². The summed E-state index contributed by atoms with van der Waals surface area (Å²) in [4.78, 5) is 5.07. The summed E-state index contributed by atoms with van der Waals surface area (Å²) in [5.41, 5.74) is 2.40. The number of hydrogen-bond donors (Lipinski definition) is 0. The SMILES string of the molecule is Cl.Cl.Clc1cccc(CCCN2CCN(CCOCc3ccccc3Oc3ccccc3)CC2)c1. The number of nitrogens with zero attached hydrogens (tertiary/aromatic N) is 2. The predicted molar refractivity (Wildman–Crippen MR) is 150 cm³/mol. The van der Waals surface area contributed by atoms with Crippen LogP contribution in [0.2, 0.25) is 5.02 Å². The molecule has 1 fully saturated rings. The topological polar surface area (TPSA) is 24.9 Å². The van der Waals surface area contributed by atoms with Gasteiger partial charge in [-0.25, -0.2) is 0 Å². The third-order valence-electron chi connectivity index (χ3n) is 6.05. The quantitative estimate of drug-likeness (QED) is 0.253. The van der Waals surface area contributed by atoms with Crippen molar-refractivity contribution in [1.29, 1.82) is 0 Å². The van der Waals surface area contributed by atoms with Gasteiger partial charge in [-0.05, 0) is 55.3 Å². The number of aryl methyl sites for hydroxylation is 1. The van der Waals surface area contributed by atoms with Gasteiger partial charge in [0.1, 0.15) is 11.5 Å². The Labute approximate surface area is 227 Å². The van der Waals surface area contributed by atoms with Crippen molar-refractivity contribution in [3.05, 3.63) is 95.0 Å². The van der Waals surface area contributed by atoms with E-state index in [0.717, 1.165) is 74.4 Å². The highest BCUT2D eigenvalue weighted by atomic mass is 35.5. The number of halogens is 3. The van der Waals surface area contributed by atoms with E-state index in [9.17, 15) is 0 Å². The van der Waals surface area contributed by atoms with E-state index in [-0.39, 0.29) is 24.8 Å². The average Bonchev–Trinajstić information content (AvgIpc) is 2.84. The highest BCUT2D eigenvalue weighted by molar-refractivity contribution is 6.30. The lowest BCUT2D eigenvalue weighted by molar-refractivity contribution is 0.0676. The van der Waals surface area contributed by atoms with Crippen LogP contribution in [0.15, 0.2) is 78.9 Å². The number of benzene rings is 3. The fraction of sp³-hybridized carbons (Fsp3) is 0.357. The molecule has 0 unspecified atom stereocenters. The highest BCUT2D eigenvalue weighted by Crippen LogP contribution is 2.25. The van der Waals surface area contributed by atoms with Crippen LogP contribution >= 0.6 is 36.4 Å². The van der Waals surface area contributed by atoms with E-state index < -0.39 is 0 Å². The lowest BCUT2D eigenvalue weighted by atomic mass is 10.1. The molecule has 0 aromatic heterocycles. The molecule has 1 saturated heterocycles. The summed E-state index contributed by atoms with van der Waals surface area (Å²) in [5.74, 6) is 1.70. The molecule has 0 spiro atoms. The van der Waals surface area contributed by atoms with E-state index >= 15 is 0 Å². The van der Waals surface area contributed by atoms with Crippen molar-refractivity contribution in [1.82, 2.24) is 9.80 Å². The molecular weight excluding hydrogens is 503 g/mol. The van der Waals surface area contributed by atoms with Gasteiger partial charge in [0.2, 0.25) is 0 Å². The normalized spacial score (nSPS) is 14.1. The maximum atomic E-state index is 6.08. The first kappa shape index (κ1) is 29.4. The van der Waals surface area contributed by atoms with Crippen molar-refractivity contribution >= 4 is 36.4 Å². The first-order valence-electron chi connectivity index (χ1n) is 11.8. The number of hydrogen-bond acceptors (Lipinski definition) is 4. The lowest BCUT2D eigenvalue weighted by Crippen LogP contribution is -2.47. The Kier molecular flexibility index (Phi) is 13.5. The standard InChI is InChI=1S/C28H33ClN2O2.2ClH/c29-26-11-6-8-24(22-26)9-7-15-30-16-18-31(19-17-30)20-21-32-23-25-10-4-5-14-28(25)33-27-12-2-1-3-13-27;;/h1-6,8,10-14,22H,7,9,15-21,23H2;2*1H. The molecule has 0 radical (unpaired) electrons. The summed E-state index contributed by atoms with van der Waals surface area (Å²) in [6, 6.07) is 26.2. The maximum Gasteiger partial charge on any atom is 0.132 e. The van der Waals surface area contributed by atoms with Crippen LogP contribution in [0, 0.1) is 0 Å². The van der Waals surface area contributed by atoms with Gasteiger partial charge < -0.3 is 14.4 Å². The van der Waals surface area contributed by atoms with E-state index in [1.807, 2.05) is 60.7 Å². The second kappa shape index (κ2) is 16.1. The molecule has 0 amide bonds. The third kappa shape index (κ3) is 10.0. The molecule has 35 heavy (non-hydrogen) atoms. The molecule has 0 aliphatic carbocycles. The average molecular weight is 538 g/mol. The maximum absolute atomic E-state index is 6.08. The molecular formula is C28H35Cl3N2O2. The van der Waals surface area contributed by atoms with Crippen LogP contribution in [0.25, 0.3) is 0 Å². The van der Waals surface area contributed by atoms with Crippen molar-refractivity contribution < 1.29 is 9.47 Å². The zero-order valence-electron chi connectivity index (χ0n) is 20.0. The summed E-state index contributed by atoms with van der Waals surface area (Å²) < 4.78 is 12.0. The second-order valence-corrected chi connectivity index (χ2v) is 8.93. The van der Waals surface area contributed by atoms with Gasteiger partial charge >= 0.3 is 0 Å². The first-order chi connectivity index (χ1) is 16.3. The number of piperazine rings is 1. The van der Waals surface area contributed by atoms with Gasteiger partial charge in [-0.3, -0.25) is 4.90 Å². The molecule has 0 saturated carbocycles. The molecule has 190 valence electrons. The number of ether oxygens (including phenoxy) is 2. The summed E-state index contributed by atoms with van der Waals surface area (Å²) in [7, 11) is 0. The Hall–Kier alpha value is -1.79. The molecule has 4 rings (SSSR count). The minimum absolute atomic E-state index is 0. The first-order valence-corrected chi connectivity index (χ1v) is 12.2. The molecule has 3 aromatic carbocycles. The van der Waals surface area contributed by atoms with Crippen molar-refractivity contribution in [2.75, 3.05) is 45.9 Å². The van der Waals surface area contributed by atoms with Crippen molar-refractivity contribution in [2.24, 2.45) is 0 Å². The van der Waals surface area contributed by atoms with Crippen LogP contribution in [0.1, 0.15) is 17.5 Å². The summed E-state index contributed by atoms with van der Waals surface area (Å²) in [6.07, 6.45) is 2.26. The summed E-state index contributed by atoms with van der Waals surface area (Å²) in [5, 5.41) is 0.829. The van der Waals surface area contributed by atoms with Gasteiger partial charge in [0.05, 0.1) is 13.2 Å². The Balaban J connectivity index is 0.00000216. The molecule has 1 heterocycles. The van der Waals surface area contributed by atoms with Gasteiger partial charge in [-0.1, -0.05) is 60.1 Å². The van der Waals surface area contributed by atoms with Crippen LogP contribution in [-0.4, -0.2) is 55.7 Å². The van der Waals surface area contributed by atoms with Crippen molar-refractivity contribution in [3.63, 3.8) is 0 Å². The van der Waals surface area contributed by atoms with Crippen LogP contribution in [0.3, 0.4) is 0 Å². The number of rotatable bonds is 11. The van der Waals surface area contributed by atoms with Gasteiger partial charge in [0.15, 0.2) is 0 Å². The second-order valence-electron chi connectivity index (χ2n) is 8.49. The van der Waals surface area contributed by atoms with Gasteiger partial charge in [0.25, 0.3) is 0 Å². The Bertz CT molecular complexity index is 983. The zero-order valence-corrected chi connectivity index (χ0v) is 22.4. The van der Waals surface area contributed by atoms with Crippen LogP contribution in [0.5, 0.6) is 11.5 Å². The minimum Gasteiger partial charge on any atom is -0.457 e. The fourth-order valence-electron chi connectivity index (χ4n) is 4.15. The zero-order chi connectivity index (χ0) is 22.7. The number of para-hydroxylation sites is 2. The van der Waals surface area contributed by atoms with Crippen LogP contribution in [-0.2, 0) is 17.8 Å². The van der Waals surface area contributed by atoms with Crippen LogP contribution < -0.4 is 4.74 Å². The molecule has 0 bridgehead atoms. The highest BCUT2D eigenvalue weighted by Gasteiger charge is 2.16. The third-order valence-corrected chi connectivity index (χ3v) is 6.28. The van der Waals surface area contributed by atoms with E-state index in [0.29, 0.717) is 6.61 Å². The Morgan fingerprint density at radius 1 is 0.743 bits per heavy atom. The summed E-state index contributed by atoms with van der Waals surface area (Å²) >= 11 is 6.08. The summed E-state index contributed by atoms with van der Waals surface area (Å²) in [6.45, 7) is 7.88. The molecule has 1 aliphatic heterocycles. The smallest absolute Gasteiger partial charge is 0.132 e. The van der Waals surface area contributed by atoms with Gasteiger partial charge in [-0.15, -0.1) is 24.8 Å². The van der Waals surface area contributed by atoms with E-state index in [4.69, 9.17) is 21.1 Å². The lowest BCUT2D eigenvalue weighted by Gasteiger charge is -2.34. The van der Waals surface area contributed by atoms with E-state index in [2.05, 4.69) is 28.0 Å².